The van der Waals surface area contributed by atoms with Gasteiger partial charge in [-0.25, -0.2) is 0 Å². The first-order valence-corrected chi connectivity index (χ1v) is 5.16. The molecule has 0 aromatic heterocycles. The molecule has 1 nitrogen and oxygen atoms in total. The highest BCUT2D eigenvalue weighted by Gasteiger charge is 2.28. The van der Waals surface area contributed by atoms with Gasteiger partial charge in [-0.1, -0.05) is 45.8 Å². The standard InChI is InChI=1S/C11H11BrO/c12-11-4-2-1-3-8(11)5-9-6-10(9)7-13/h1-5,10,13H,6-7H2/b9-5+. The molecule has 0 heterocycles. The zero-order chi connectivity index (χ0) is 9.26. The van der Waals surface area contributed by atoms with Crippen LogP contribution in [0.1, 0.15) is 12.0 Å². The summed E-state index contributed by atoms with van der Waals surface area (Å²) in [5.41, 5.74) is 2.56. The Morgan fingerprint density at radius 1 is 1.46 bits per heavy atom. The first-order valence-electron chi connectivity index (χ1n) is 4.37. The van der Waals surface area contributed by atoms with Gasteiger partial charge in [-0.05, 0) is 18.1 Å². The molecule has 0 amide bonds. The molecule has 13 heavy (non-hydrogen) atoms. The number of rotatable bonds is 2. The summed E-state index contributed by atoms with van der Waals surface area (Å²) < 4.78 is 1.12. The monoisotopic (exact) mass is 238 g/mol. The number of halogens is 1. The van der Waals surface area contributed by atoms with Gasteiger partial charge in [0.05, 0.1) is 0 Å². The third kappa shape index (κ3) is 2.01. The van der Waals surface area contributed by atoms with Crippen molar-refractivity contribution in [2.75, 3.05) is 6.61 Å². The fourth-order valence-corrected chi connectivity index (χ4v) is 1.78. The van der Waals surface area contributed by atoms with Crippen molar-refractivity contribution in [1.82, 2.24) is 0 Å². The fraction of sp³-hybridized carbons (Fsp3) is 0.273. The molecule has 68 valence electrons. The molecule has 1 unspecified atom stereocenters. The van der Waals surface area contributed by atoms with Gasteiger partial charge in [0.25, 0.3) is 0 Å². The molecule has 1 atom stereocenters. The van der Waals surface area contributed by atoms with E-state index in [-0.39, 0.29) is 6.61 Å². The van der Waals surface area contributed by atoms with Crippen LogP contribution in [0.4, 0.5) is 0 Å². The van der Waals surface area contributed by atoms with E-state index in [0.29, 0.717) is 5.92 Å². The van der Waals surface area contributed by atoms with Gasteiger partial charge in [-0.2, -0.15) is 0 Å². The lowest BCUT2D eigenvalue weighted by Gasteiger charge is -1.95. The summed E-state index contributed by atoms with van der Waals surface area (Å²) in [7, 11) is 0. The number of hydrogen-bond donors (Lipinski definition) is 1. The van der Waals surface area contributed by atoms with Crippen molar-refractivity contribution >= 4 is 22.0 Å². The fourth-order valence-electron chi connectivity index (χ4n) is 1.38. The smallest absolute Gasteiger partial charge is 0.0499 e. The summed E-state index contributed by atoms with van der Waals surface area (Å²) in [5.74, 6) is 0.423. The van der Waals surface area contributed by atoms with Gasteiger partial charge >= 0.3 is 0 Å². The molecule has 2 heteroatoms. The van der Waals surface area contributed by atoms with Gasteiger partial charge in [0.1, 0.15) is 0 Å². The molecule has 1 aromatic rings. The van der Waals surface area contributed by atoms with Crippen LogP contribution in [0.2, 0.25) is 0 Å². The molecule has 1 aliphatic carbocycles. The lowest BCUT2D eigenvalue weighted by atomic mass is 10.2. The molecular weight excluding hydrogens is 228 g/mol. The Balaban J connectivity index is 2.20. The quantitative estimate of drug-likeness (QED) is 0.841. The lowest BCUT2D eigenvalue weighted by Crippen LogP contribution is -1.81. The maximum Gasteiger partial charge on any atom is 0.0499 e. The van der Waals surface area contributed by atoms with Crippen molar-refractivity contribution in [2.45, 2.75) is 6.42 Å². The number of aliphatic hydroxyl groups excluding tert-OH is 1. The molecule has 1 fully saturated rings. The summed E-state index contributed by atoms with van der Waals surface area (Å²) in [6, 6.07) is 8.13. The SMILES string of the molecule is OCC1C/C1=C\c1ccccc1Br. The van der Waals surface area contributed by atoms with Crippen molar-refractivity contribution in [3.05, 3.63) is 39.9 Å². The van der Waals surface area contributed by atoms with E-state index in [4.69, 9.17) is 5.11 Å². The average Bonchev–Trinajstić information content (AvgIpc) is 2.88. The van der Waals surface area contributed by atoms with Crippen LogP contribution in [0.15, 0.2) is 34.3 Å². The molecule has 1 N–H and O–H groups in total. The van der Waals surface area contributed by atoms with Gasteiger partial charge in [0.15, 0.2) is 0 Å². The van der Waals surface area contributed by atoms with Crippen LogP contribution < -0.4 is 0 Å². The molecule has 2 rings (SSSR count). The minimum Gasteiger partial charge on any atom is -0.396 e. The maximum absolute atomic E-state index is 8.87. The predicted octanol–water partition coefficient (Wildman–Crippen LogP) is 2.84. The summed E-state index contributed by atoms with van der Waals surface area (Å²) in [5, 5.41) is 8.87. The highest BCUT2D eigenvalue weighted by molar-refractivity contribution is 9.10. The molecule has 0 bridgehead atoms. The van der Waals surface area contributed by atoms with Gasteiger partial charge in [0, 0.05) is 17.0 Å². The normalized spacial score (nSPS) is 23.5. The van der Waals surface area contributed by atoms with Crippen molar-refractivity contribution < 1.29 is 5.11 Å². The topological polar surface area (TPSA) is 20.2 Å². The van der Waals surface area contributed by atoms with Crippen molar-refractivity contribution in [3.63, 3.8) is 0 Å². The van der Waals surface area contributed by atoms with E-state index in [1.165, 1.54) is 11.1 Å². The van der Waals surface area contributed by atoms with Gasteiger partial charge in [-0.3, -0.25) is 0 Å². The van der Waals surface area contributed by atoms with E-state index in [1.807, 2.05) is 18.2 Å². The van der Waals surface area contributed by atoms with Crippen LogP contribution in [0.5, 0.6) is 0 Å². The summed E-state index contributed by atoms with van der Waals surface area (Å²) in [6.45, 7) is 0.288. The molecule has 0 saturated heterocycles. The minimum atomic E-state index is 0.288. The van der Waals surface area contributed by atoms with Crippen LogP contribution in [0.3, 0.4) is 0 Å². The first kappa shape index (κ1) is 8.97. The third-order valence-corrected chi connectivity index (χ3v) is 3.04. The molecule has 0 aliphatic heterocycles. The highest BCUT2D eigenvalue weighted by Crippen LogP contribution is 2.39. The Kier molecular flexibility index (Phi) is 2.51. The summed E-state index contributed by atoms with van der Waals surface area (Å²) in [4.78, 5) is 0. The van der Waals surface area contributed by atoms with Gasteiger partial charge in [0.2, 0.25) is 0 Å². The zero-order valence-electron chi connectivity index (χ0n) is 7.20. The Labute approximate surface area is 86.2 Å². The second kappa shape index (κ2) is 3.64. The third-order valence-electron chi connectivity index (χ3n) is 2.31. The maximum atomic E-state index is 8.87. The average molecular weight is 239 g/mol. The zero-order valence-corrected chi connectivity index (χ0v) is 8.79. The van der Waals surface area contributed by atoms with Crippen LogP contribution in [-0.4, -0.2) is 11.7 Å². The van der Waals surface area contributed by atoms with Crippen LogP contribution in [0, 0.1) is 5.92 Å². The van der Waals surface area contributed by atoms with Crippen molar-refractivity contribution in [3.8, 4) is 0 Å². The molecule has 0 radical (unpaired) electrons. The molecule has 1 saturated carbocycles. The molecule has 0 spiro atoms. The Morgan fingerprint density at radius 2 is 2.23 bits per heavy atom. The van der Waals surface area contributed by atoms with Crippen LogP contribution in [0.25, 0.3) is 6.08 Å². The van der Waals surface area contributed by atoms with E-state index >= 15 is 0 Å². The number of benzene rings is 1. The minimum absolute atomic E-state index is 0.288. The van der Waals surface area contributed by atoms with Crippen LogP contribution in [-0.2, 0) is 0 Å². The summed E-state index contributed by atoms with van der Waals surface area (Å²) >= 11 is 3.49. The highest BCUT2D eigenvalue weighted by atomic mass is 79.9. The molecule has 1 aromatic carbocycles. The van der Waals surface area contributed by atoms with E-state index in [1.54, 1.807) is 0 Å². The Hall–Kier alpha value is -0.600. The first-order chi connectivity index (χ1) is 6.31. The van der Waals surface area contributed by atoms with E-state index in [2.05, 4.69) is 28.1 Å². The van der Waals surface area contributed by atoms with Crippen molar-refractivity contribution in [1.29, 1.82) is 0 Å². The van der Waals surface area contributed by atoms with Crippen molar-refractivity contribution in [2.24, 2.45) is 5.92 Å². The Morgan fingerprint density at radius 3 is 2.85 bits per heavy atom. The largest absolute Gasteiger partial charge is 0.396 e. The van der Waals surface area contributed by atoms with E-state index in [0.717, 1.165) is 10.9 Å². The lowest BCUT2D eigenvalue weighted by molar-refractivity contribution is 0.281. The molecular formula is C11H11BrO. The second-order valence-corrected chi connectivity index (χ2v) is 4.18. The van der Waals surface area contributed by atoms with Gasteiger partial charge < -0.3 is 5.11 Å². The van der Waals surface area contributed by atoms with E-state index < -0.39 is 0 Å². The number of aliphatic hydroxyl groups is 1. The molecule has 1 aliphatic rings. The number of hydrogen-bond acceptors (Lipinski definition) is 1. The van der Waals surface area contributed by atoms with E-state index in [9.17, 15) is 0 Å². The predicted molar refractivity (Wildman–Crippen MR) is 57.3 cm³/mol. The summed E-state index contributed by atoms with van der Waals surface area (Å²) in [6.07, 6.45) is 3.21. The second-order valence-electron chi connectivity index (χ2n) is 3.32. The Bertz CT molecular complexity index is 344. The van der Waals surface area contributed by atoms with Crippen LogP contribution >= 0.6 is 15.9 Å². The van der Waals surface area contributed by atoms with Gasteiger partial charge in [-0.15, -0.1) is 0 Å².